The maximum atomic E-state index is 13.1. The van der Waals surface area contributed by atoms with Crippen molar-refractivity contribution in [2.24, 2.45) is 5.73 Å². The van der Waals surface area contributed by atoms with Gasteiger partial charge in [-0.05, 0) is 35.7 Å². The van der Waals surface area contributed by atoms with E-state index in [2.05, 4.69) is 15.6 Å². The lowest BCUT2D eigenvalue weighted by Crippen LogP contribution is -2.54. The number of rotatable bonds is 7. The van der Waals surface area contributed by atoms with Crippen LogP contribution >= 0.6 is 0 Å². The van der Waals surface area contributed by atoms with Crippen LogP contribution in [-0.2, 0) is 25.5 Å². The van der Waals surface area contributed by atoms with Crippen molar-refractivity contribution < 1.29 is 34.1 Å². The standard InChI is InChI=1S/C24H24N4O7/c1-35-24(34)14-8-11(6-7-18(14)29)20-21-13(12-4-2-3-5-15(12)26-21)9-16(27-20)22(31)28-17(23(32)33)10-19(25)30/h2-8,16-17,20,26-27,29H,9-10H2,1H3,(H2,25,30)(H,28,31)(H,32,33)/t16-,17-,20+/m0/s1. The predicted octanol–water partition coefficient (Wildman–Crippen LogP) is 0.709. The molecule has 0 radical (unpaired) electrons. The van der Waals surface area contributed by atoms with E-state index in [1.54, 1.807) is 6.07 Å². The zero-order valence-corrected chi connectivity index (χ0v) is 18.7. The zero-order valence-electron chi connectivity index (χ0n) is 18.7. The number of hydrogen-bond donors (Lipinski definition) is 6. The van der Waals surface area contributed by atoms with Gasteiger partial charge in [-0.15, -0.1) is 0 Å². The smallest absolute Gasteiger partial charge is 0.341 e. The second-order valence-corrected chi connectivity index (χ2v) is 8.26. The molecule has 3 aromatic rings. The van der Waals surface area contributed by atoms with E-state index < -0.39 is 48.3 Å². The molecule has 0 saturated carbocycles. The highest BCUT2D eigenvalue weighted by Gasteiger charge is 2.36. The number of amides is 2. The van der Waals surface area contributed by atoms with Gasteiger partial charge >= 0.3 is 11.9 Å². The average molecular weight is 480 g/mol. The normalized spacial score (nSPS) is 17.9. The fourth-order valence-corrected chi connectivity index (χ4v) is 4.35. The fourth-order valence-electron chi connectivity index (χ4n) is 4.35. The largest absolute Gasteiger partial charge is 0.507 e. The maximum absolute atomic E-state index is 13.1. The molecule has 2 aromatic carbocycles. The molecule has 0 spiro atoms. The van der Waals surface area contributed by atoms with Crippen LogP contribution in [0.4, 0.5) is 0 Å². The van der Waals surface area contributed by atoms with Crippen LogP contribution in [0.25, 0.3) is 10.9 Å². The van der Waals surface area contributed by atoms with E-state index in [4.69, 9.17) is 10.5 Å². The molecule has 1 aromatic heterocycles. The van der Waals surface area contributed by atoms with Crippen LogP contribution in [0.3, 0.4) is 0 Å². The van der Waals surface area contributed by atoms with Crippen molar-refractivity contribution in [3.05, 3.63) is 64.8 Å². The number of primary amides is 1. The van der Waals surface area contributed by atoms with Gasteiger partial charge in [-0.1, -0.05) is 24.3 Å². The minimum absolute atomic E-state index is 0.0385. The molecular weight excluding hydrogens is 456 g/mol. The summed E-state index contributed by atoms with van der Waals surface area (Å²) >= 11 is 0. The number of aromatic amines is 1. The van der Waals surface area contributed by atoms with E-state index in [0.29, 0.717) is 5.56 Å². The Hall–Kier alpha value is -4.38. The lowest BCUT2D eigenvalue weighted by molar-refractivity contribution is -0.143. The summed E-state index contributed by atoms with van der Waals surface area (Å²) in [4.78, 5) is 51.4. The summed E-state index contributed by atoms with van der Waals surface area (Å²) in [7, 11) is 1.20. The molecule has 11 nitrogen and oxygen atoms in total. The Bertz CT molecular complexity index is 1330. The number of carboxylic acids is 1. The van der Waals surface area contributed by atoms with Crippen molar-refractivity contribution in [3.8, 4) is 5.75 Å². The summed E-state index contributed by atoms with van der Waals surface area (Å²) in [5.74, 6) is -3.82. The first-order valence-corrected chi connectivity index (χ1v) is 10.8. The number of hydrogen-bond acceptors (Lipinski definition) is 7. The number of fused-ring (bicyclic) bond motifs is 3. The summed E-state index contributed by atoms with van der Waals surface area (Å²) in [5.41, 5.74) is 8.11. The molecule has 0 saturated heterocycles. The van der Waals surface area contributed by atoms with Crippen LogP contribution in [0.15, 0.2) is 42.5 Å². The minimum Gasteiger partial charge on any atom is -0.507 e. The lowest BCUT2D eigenvalue weighted by atomic mass is 9.89. The number of aromatic hydroxyl groups is 1. The number of para-hydroxylation sites is 1. The number of methoxy groups -OCH3 is 1. The molecule has 3 atom stereocenters. The molecule has 1 aliphatic heterocycles. The molecule has 0 aliphatic carbocycles. The number of ether oxygens (including phenoxy) is 1. The second-order valence-electron chi connectivity index (χ2n) is 8.26. The van der Waals surface area contributed by atoms with Crippen molar-refractivity contribution in [1.82, 2.24) is 15.6 Å². The number of nitrogens with two attached hydrogens (primary N) is 1. The second kappa shape index (κ2) is 9.47. The van der Waals surface area contributed by atoms with Gasteiger partial charge in [0.15, 0.2) is 0 Å². The van der Waals surface area contributed by atoms with Crippen LogP contribution in [0.5, 0.6) is 5.75 Å². The third kappa shape index (κ3) is 4.66. The Kier molecular flexibility index (Phi) is 6.43. The molecule has 0 fully saturated rings. The average Bonchev–Trinajstić information content (AvgIpc) is 3.21. The molecular formula is C24H24N4O7. The number of carboxylic acid groups (broad SMARTS) is 1. The Morgan fingerprint density at radius 3 is 2.63 bits per heavy atom. The number of benzene rings is 2. The quantitative estimate of drug-likeness (QED) is 0.267. The predicted molar refractivity (Wildman–Crippen MR) is 124 cm³/mol. The Balaban J connectivity index is 1.75. The Morgan fingerprint density at radius 1 is 1.20 bits per heavy atom. The number of nitrogens with one attached hydrogen (secondary N) is 3. The number of carbonyl (C=O) groups is 4. The first-order valence-electron chi connectivity index (χ1n) is 10.8. The molecule has 182 valence electrons. The SMILES string of the molecule is COC(=O)c1cc([C@H]2N[C@H](C(=O)N[C@@H](CC(N)=O)C(=O)O)Cc3c2[nH]c2ccccc32)ccc1O. The number of aliphatic carboxylic acids is 1. The van der Waals surface area contributed by atoms with Gasteiger partial charge < -0.3 is 31.0 Å². The van der Waals surface area contributed by atoms with Gasteiger partial charge in [0.1, 0.15) is 17.4 Å². The first kappa shape index (κ1) is 23.8. The highest BCUT2D eigenvalue weighted by Crippen LogP contribution is 2.36. The molecule has 2 heterocycles. The van der Waals surface area contributed by atoms with E-state index >= 15 is 0 Å². The van der Waals surface area contributed by atoms with E-state index in [1.165, 1.54) is 19.2 Å². The monoisotopic (exact) mass is 480 g/mol. The Labute approximate surface area is 199 Å². The third-order valence-corrected chi connectivity index (χ3v) is 6.01. The van der Waals surface area contributed by atoms with Crippen molar-refractivity contribution in [2.45, 2.75) is 31.0 Å². The molecule has 0 bridgehead atoms. The van der Waals surface area contributed by atoms with Crippen molar-refractivity contribution in [2.75, 3.05) is 7.11 Å². The molecule has 11 heteroatoms. The zero-order chi connectivity index (χ0) is 25.3. The van der Waals surface area contributed by atoms with Gasteiger partial charge in [-0.25, -0.2) is 9.59 Å². The highest BCUT2D eigenvalue weighted by atomic mass is 16.5. The van der Waals surface area contributed by atoms with Gasteiger partial charge in [0.05, 0.1) is 25.6 Å². The summed E-state index contributed by atoms with van der Waals surface area (Å²) in [6.45, 7) is 0. The van der Waals surface area contributed by atoms with E-state index in [9.17, 15) is 29.4 Å². The molecule has 1 aliphatic rings. The Morgan fingerprint density at radius 2 is 1.94 bits per heavy atom. The molecule has 7 N–H and O–H groups in total. The van der Waals surface area contributed by atoms with Crippen LogP contribution in [-0.4, -0.2) is 58.1 Å². The van der Waals surface area contributed by atoms with Crippen LogP contribution in [0, 0.1) is 0 Å². The first-order chi connectivity index (χ1) is 16.7. The maximum Gasteiger partial charge on any atom is 0.341 e. The molecule has 2 amide bonds. The third-order valence-electron chi connectivity index (χ3n) is 6.01. The molecule has 4 rings (SSSR count). The van der Waals surface area contributed by atoms with Crippen molar-refractivity contribution in [3.63, 3.8) is 0 Å². The number of phenols is 1. The molecule has 35 heavy (non-hydrogen) atoms. The molecule has 0 unspecified atom stereocenters. The van der Waals surface area contributed by atoms with Crippen LogP contribution in [0.2, 0.25) is 0 Å². The van der Waals surface area contributed by atoms with E-state index in [0.717, 1.165) is 22.2 Å². The highest BCUT2D eigenvalue weighted by molar-refractivity contribution is 5.93. The fraction of sp³-hybridized carbons (Fsp3) is 0.250. The number of aromatic nitrogens is 1. The number of H-pyrrole nitrogens is 1. The van der Waals surface area contributed by atoms with Gasteiger partial charge in [0, 0.05) is 16.6 Å². The summed E-state index contributed by atoms with van der Waals surface area (Å²) in [6, 6.07) is 9.05. The topological polar surface area (TPSA) is 184 Å². The number of esters is 1. The number of phenolic OH excluding ortho intramolecular Hbond substituents is 1. The summed E-state index contributed by atoms with van der Waals surface area (Å²) in [6.07, 6.45) is -0.303. The van der Waals surface area contributed by atoms with Gasteiger partial charge in [0.2, 0.25) is 11.8 Å². The number of carbonyl (C=O) groups excluding carboxylic acids is 3. The van der Waals surface area contributed by atoms with Crippen LogP contribution in [0.1, 0.15) is 39.6 Å². The van der Waals surface area contributed by atoms with E-state index in [1.807, 2.05) is 24.3 Å². The van der Waals surface area contributed by atoms with Crippen molar-refractivity contribution >= 4 is 34.7 Å². The van der Waals surface area contributed by atoms with Gasteiger partial charge in [-0.2, -0.15) is 0 Å². The van der Waals surface area contributed by atoms with Gasteiger partial charge in [0.25, 0.3) is 0 Å². The van der Waals surface area contributed by atoms with Crippen molar-refractivity contribution in [1.29, 1.82) is 0 Å². The lowest BCUT2D eigenvalue weighted by Gasteiger charge is -2.32. The summed E-state index contributed by atoms with van der Waals surface area (Å²) < 4.78 is 4.75. The summed E-state index contributed by atoms with van der Waals surface area (Å²) in [5, 5.41) is 26.0. The van der Waals surface area contributed by atoms with Gasteiger partial charge in [-0.3, -0.25) is 14.9 Å². The van der Waals surface area contributed by atoms with Crippen LogP contribution < -0.4 is 16.4 Å². The minimum atomic E-state index is -1.47. The van der Waals surface area contributed by atoms with E-state index in [-0.39, 0.29) is 17.7 Å².